The molecule has 1 fully saturated rings. The molecule has 3 rings (SSSR count). The first-order valence-corrected chi connectivity index (χ1v) is 11.4. The van der Waals surface area contributed by atoms with E-state index in [2.05, 4.69) is 10.0 Å². The van der Waals surface area contributed by atoms with Gasteiger partial charge in [-0.1, -0.05) is 35.9 Å². The summed E-state index contributed by atoms with van der Waals surface area (Å²) in [4.78, 5) is 14.9. The van der Waals surface area contributed by atoms with Crippen LogP contribution in [-0.4, -0.2) is 45.9 Å². The Kier molecular flexibility index (Phi) is 6.63. The van der Waals surface area contributed by atoms with Gasteiger partial charge in [0, 0.05) is 23.2 Å². The molecule has 0 saturated heterocycles. The molecule has 2 N–H and O–H groups in total. The number of benzene rings is 2. The molecule has 0 heterocycles. The summed E-state index contributed by atoms with van der Waals surface area (Å²) in [6.07, 6.45) is 1.71. The summed E-state index contributed by atoms with van der Waals surface area (Å²) in [5.41, 5.74) is 1.98. The highest BCUT2D eigenvalue weighted by atomic mass is 35.5. The van der Waals surface area contributed by atoms with Crippen molar-refractivity contribution in [3.8, 4) is 0 Å². The molecule has 0 spiro atoms. The van der Waals surface area contributed by atoms with Crippen LogP contribution in [0.25, 0.3) is 0 Å². The monoisotopic (exact) mass is 435 g/mol. The Labute approximate surface area is 177 Å². The largest absolute Gasteiger partial charge is 0.350 e. The summed E-state index contributed by atoms with van der Waals surface area (Å²) in [5.74, 6) is -0.315. The number of nitrogens with one attached hydrogen (secondary N) is 2. The average molecular weight is 436 g/mol. The van der Waals surface area contributed by atoms with Crippen molar-refractivity contribution in [2.24, 2.45) is 0 Å². The summed E-state index contributed by atoms with van der Waals surface area (Å²) >= 11 is 6.33. The van der Waals surface area contributed by atoms with Crippen LogP contribution >= 0.6 is 11.6 Å². The van der Waals surface area contributed by atoms with Crippen molar-refractivity contribution >= 4 is 27.5 Å². The normalized spacial score (nSPS) is 15.3. The lowest BCUT2D eigenvalue weighted by Crippen LogP contribution is -2.35. The minimum atomic E-state index is -3.62. The Morgan fingerprint density at radius 1 is 1.21 bits per heavy atom. The highest BCUT2D eigenvalue weighted by molar-refractivity contribution is 7.89. The van der Waals surface area contributed by atoms with Gasteiger partial charge in [-0.25, -0.2) is 13.1 Å². The lowest BCUT2D eigenvalue weighted by molar-refractivity contribution is 0.0941. The maximum atomic E-state index is 12.8. The highest BCUT2D eigenvalue weighted by Gasteiger charge is 2.28. The number of amides is 1. The van der Waals surface area contributed by atoms with Crippen LogP contribution in [0.5, 0.6) is 0 Å². The third-order valence-electron chi connectivity index (χ3n) is 5.01. The second kappa shape index (κ2) is 8.83. The van der Waals surface area contributed by atoms with Gasteiger partial charge in [-0.2, -0.15) is 0 Å². The van der Waals surface area contributed by atoms with Crippen molar-refractivity contribution in [1.82, 2.24) is 14.9 Å². The zero-order valence-corrected chi connectivity index (χ0v) is 18.3. The molecule has 1 amide bonds. The van der Waals surface area contributed by atoms with Crippen molar-refractivity contribution in [2.75, 3.05) is 20.6 Å². The number of rotatable bonds is 8. The van der Waals surface area contributed by atoms with Crippen molar-refractivity contribution < 1.29 is 13.2 Å². The van der Waals surface area contributed by atoms with Gasteiger partial charge in [-0.15, -0.1) is 0 Å². The van der Waals surface area contributed by atoms with E-state index in [4.69, 9.17) is 11.6 Å². The fourth-order valence-corrected chi connectivity index (χ4v) is 4.69. The molecule has 1 unspecified atom stereocenters. The van der Waals surface area contributed by atoms with Gasteiger partial charge < -0.3 is 10.2 Å². The molecule has 2 aromatic carbocycles. The molecule has 6 nitrogen and oxygen atoms in total. The first-order chi connectivity index (χ1) is 13.7. The number of hydrogen-bond donors (Lipinski definition) is 2. The number of nitrogens with zero attached hydrogens (tertiary/aromatic N) is 1. The summed E-state index contributed by atoms with van der Waals surface area (Å²) in [6, 6.07) is 12.0. The van der Waals surface area contributed by atoms with Crippen LogP contribution in [0.1, 0.15) is 40.4 Å². The quantitative estimate of drug-likeness (QED) is 0.667. The van der Waals surface area contributed by atoms with E-state index in [-0.39, 0.29) is 22.9 Å². The Balaban J connectivity index is 1.77. The van der Waals surface area contributed by atoms with Gasteiger partial charge in [0.15, 0.2) is 0 Å². The highest BCUT2D eigenvalue weighted by Crippen LogP contribution is 2.26. The van der Waals surface area contributed by atoms with E-state index in [1.54, 1.807) is 13.0 Å². The molecule has 0 aliphatic heterocycles. The van der Waals surface area contributed by atoms with Crippen LogP contribution in [0, 0.1) is 6.92 Å². The lowest BCUT2D eigenvalue weighted by Gasteiger charge is -2.26. The predicted molar refractivity (Wildman–Crippen MR) is 115 cm³/mol. The standard InChI is InChI=1S/C21H26ClN3O3S/c1-14-8-11-16(29(27,28)24-15-9-10-15)12-18(14)21(26)23-13-20(25(2)3)17-6-4-5-7-19(17)22/h4-8,11-12,15,20,24H,9-10,13H2,1-3H3,(H,23,26). The molecule has 0 radical (unpaired) electrons. The maximum Gasteiger partial charge on any atom is 0.251 e. The summed E-state index contributed by atoms with van der Waals surface area (Å²) in [7, 11) is 0.219. The molecule has 0 aromatic heterocycles. The van der Waals surface area contributed by atoms with Crippen molar-refractivity contribution in [3.63, 3.8) is 0 Å². The second-order valence-corrected chi connectivity index (χ2v) is 9.70. The molecular formula is C21H26ClN3O3S. The first-order valence-electron chi connectivity index (χ1n) is 9.51. The van der Waals surface area contributed by atoms with Gasteiger partial charge >= 0.3 is 0 Å². The van der Waals surface area contributed by atoms with E-state index >= 15 is 0 Å². The lowest BCUT2D eigenvalue weighted by atomic mass is 10.0. The minimum Gasteiger partial charge on any atom is -0.350 e. The Hall–Kier alpha value is -1.93. The Morgan fingerprint density at radius 3 is 2.52 bits per heavy atom. The van der Waals surface area contributed by atoms with Gasteiger partial charge in [0.1, 0.15) is 0 Å². The number of hydrogen-bond acceptors (Lipinski definition) is 4. The molecule has 0 bridgehead atoms. The number of aryl methyl sites for hydroxylation is 1. The molecule has 8 heteroatoms. The molecule has 1 aliphatic rings. The average Bonchev–Trinajstić information content (AvgIpc) is 3.46. The molecule has 29 heavy (non-hydrogen) atoms. The van der Waals surface area contributed by atoms with E-state index in [1.165, 1.54) is 12.1 Å². The van der Waals surface area contributed by atoms with Crippen LogP contribution in [0.2, 0.25) is 5.02 Å². The van der Waals surface area contributed by atoms with Gasteiger partial charge in [0.25, 0.3) is 5.91 Å². The first kappa shape index (κ1) is 21.8. The van der Waals surface area contributed by atoms with Gasteiger partial charge in [0.05, 0.1) is 10.9 Å². The van der Waals surface area contributed by atoms with E-state index in [0.717, 1.165) is 18.4 Å². The second-order valence-electron chi connectivity index (χ2n) is 7.58. The third-order valence-corrected chi connectivity index (χ3v) is 6.87. The van der Waals surface area contributed by atoms with Crippen molar-refractivity contribution in [2.45, 2.75) is 36.7 Å². The summed E-state index contributed by atoms with van der Waals surface area (Å²) < 4.78 is 27.6. The fourth-order valence-electron chi connectivity index (χ4n) is 3.10. The number of halogens is 1. The number of carbonyl (C=O) groups is 1. The van der Waals surface area contributed by atoms with Crippen LogP contribution in [0.15, 0.2) is 47.4 Å². The number of sulfonamides is 1. The van der Waals surface area contributed by atoms with E-state index in [0.29, 0.717) is 22.7 Å². The van der Waals surface area contributed by atoms with E-state index in [9.17, 15) is 13.2 Å². The van der Waals surface area contributed by atoms with Crippen LogP contribution in [-0.2, 0) is 10.0 Å². The number of carbonyl (C=O) groups excluding carboxylic acids is 1. The third kappa shape index (κ3) is 5.36. The van der Waals surface area contributed by atoms with Crippen molar-refractivity contribution in [1.29, 1.82) is 0 Å². The van der Waals surface area contributed by atoms with Crippen molar-refractivity contribution in [3.05, 3.63) is 64.2 Å². The summed E-state index contributed by atoms with van der Waals surface area (Å²) in [6.45, 7) is 2.13. The smallest absolute Gasteiger partial charge is 0.251 e. The number of likely N-dealkylation sites (N-methyl/N-ethyl adjacent to an activating group) is 1. The molecular weight excluding hydrogens is 410 g/mol. The zero-order chi connectivity index (χ0) is 21.2. The Bertz CT molecular complexity index is 1000. The maximum absolute atomic E-state index is 12.8. The van der Waals surface area contributed by atoms with Crippen LogP contribution in [0.4, 0.5) is 0 Å². The molecule has 1 atom stereocenters. The van der Waals surface area contributed by atoms with E-state index < -0.39 is 10.0 Å². The molecule has 1 aliphatic carbocycles. The SMILES string of the molecule is Cc1ccc(S(=O)(=O)NC2CC2)cc1C(=O)NCC(c1ccccc1Cl)N(C)C. The van der Waals surface area contributed by atoms with Crippen LogP contribution in [0.3, 0.4) is 0 Å². The minimum absolute atomic E-state index is 0.00931. The topological polar surface area (TPSA) is 78.5 Å². The molecule has 1 saturated carbocycles. The van der Waals surface area contributed by atoms with Gasteiger partial charge in [-0.05, 0) is 63.2 Å². The van der Waals surface area contributed by atoms with Gasteiger partial charge in [-0.3, -0.25) is 4.79 Å². The molecule has 2 aromatic rings. The van der Waals surface area contributed by atoms with E-state index in [1.807, 2.05) is 43.3 Å². The molecule has 156 valence electrons. The fraction of sp³-hybridized carbons (Fsp3) is 0.381. The predicted octanol–water partition coefficient (Wildman–Crippen LogP) is 3.12. The van der Waals surface area contributed by atoms with Crippen LogP contribution < -0.4 is 10.0 Å². The zero-order valence-electron chi connectivity index (χ0n) is 16.8. The van der Waals surface area contributed by atoms with Gasteiger partial charge in [0.2, 0.25) is 10.0 Å². The Morgan fingerprint density at radius 2 is 1.90 bits per heavy atom. The summed E-state index contributed by atoms with van der Waals surface area (Å²) in [5, 5.41) is 3.56.